The summed E-state index contributed by atoms with van der Waals surface area (Å²) in [5, 5.41) is 32.5. The van der Waals surface area contributed by atoms with Gasteiger partial charge in [-0.15, -0.1) is 0 Å². The van der Waals surface area contributed by atoms with Crippen LogP contribution in [0.1, 0.15) is 72.1 Å². The summed E-state index contributed by atoms with van der Waals surface area (Å²) in [6, 6.07) is 0. The molecule has 4 rings (SSSR count). The third-order valence-corrected chi connectivity index (χ3v) is 9.33. The average molecular weight is 350 g/mol. The number of aliphatic hydroxyl groups excluding tert-OH is 2. The van der Waals surface area contributed by atoms with E-state index in [0.717, 1.165) is 32.1 Å². The maximum atomic E-state index is 12.2. The zero-order chi connectivity index (χ0) is 18.2. The molecule has 25 heavy (non-hydrogen) atoms. The Morgan fingerprint density at radius 2 is 1.72 bits per heavy atom. The summed E-state index contributed by atoms with van der Waals surface area (Å²) in [7, 11) is 0. The predicted octanol–water partition coefficient (Wildman–Crippen LogP) is 2.68. The molecule has 9 atom stereocenters. The molecule has 0 heterocycles. The molecule has 0 radical (unpaired) electrons. The molecule has 4 aliphatic rings. The van der Waals surface area contributed by atoms with Crippen LogP contribution in [0.4, 0.5) is 0 Å². The maximum absolute atomic E-state index is 12.2. The Morgan fingerprint density at radius 1 is 1.00 bits per heavy atom. The Hall–Kier alpha value is -0.450. The first kappa shape index (κ1) is 17.9. The molecule has 0 saturated heterocycles. The first-order valence-electron chi connectivity index (χ1n) is 10.2. The molecule has 4 fully saturated rings. The van der Waals surface area contributed by atoms with Gasteiger partial charge >= 0.3 is 0 Å². The Kier molecular flexibility index (Phi) is 3.97. The van der Waals surface area contributed by atoms with Gasteiger partial charge in [0.25, 0.3) is 0 Å². The fourth-order valence-corrected chi connectivity index (χ4v) is 7.93. The van der Waals surface area contributed by atoms with Gasteiger partial charge in [0.2, 0.25) is 0 Å². The Morgan fingerprint density at radius 3 is 2.40 bits per heavy atom. The molecule has 0 spiro atoms. The third kappa shape index (κ3) is 2.20. The maximum Gasteiger partial charge on any atom is 0.133 e. The molecule has 0 unspecified atom stereocenters. The van der Waals surface area contributed by atoms with Gasteiger partial charge in [0.05, 0.1) is 17.8 Å². The quantitative estimate of drug-likeness (QED) is 0.679. The van der Waals surface area contributed by atoms with Gasteiger partial charge in [0, 0.05) is 17.8 Å². The van der Waals surface area contributed by atoms with Gasteiger partial charge in [-0.3, -0.25) is 4.79 Å². The van der Waals surface area contributed by atoms with Gasteiger partial charge < -0.3 is 15.3 Å². The first-order valence-corrected chi connectivity index (χ1v) is 10.2. The van der Waals surface area contributed by atoms with E-state index in [2.05, 4.69) is 13.8 Å². The molecule has 4 heteroatoms. The van der Waals surface area contributed by atoms with Crippen LogP contribution in [-0.4, -0.2) is 38.9 Å². The van der Waals surface area contributed by atoms with Crippen molar-refractivity contribution in [2.45, 2.75) is 89.9 Å². The van der Waals surface area contributed by atoms with E-state index in [-0.39, 0.29) is 16.7 Å². The molecule has 0 aliphatic heterocycles. The van der Waals surface area contributed by atoms with Crippen molar-refractivity contribution in [2.75, 3.05) is 0 Å². The highest BCUT2D eigenvalue weighted by molar-refractivity contribution is 5.79. The number of aliphatic hydroxyl groups is 3. The fourth-order valence-electron chi connectivity index (χ4n) is 7.93. The Balaban J connectivity index is 1.69. The normalized spacial score (nSPS) is 58.2. The Labute approximate surface area is 151 Å². The summed E-state index contributed by atoms with van der Waals surface area (Å²) in [5.74, 6) is 1.74. The molecule has 4 aliphatic carbocycles. The van der Waals surface area contributed by atoms with Gasteiger partial charge in [0.15, 0.2) is 0 Å². The van der Waals surface area contributed by atoms with Crippen LogP contribution in [0, 0.1) is 34.5 Å². The zero-order valence-electron chi connectivity index (χ0n) is 15.9. The van der Waals surface area contributed by atoms with E-state index in [1.54, 1.807) is 6.92 Å². The minimum Gasteiger partial charge on any atom is -0.393 e. The molecule has 0 aromatic rings. The van der Waals surface area contributed by atoms with Crippen molar-refractivity contribution in [3.8, 4) is 0 Å². The summed E-state index contributed by atoms with van der Waals surface area (Å²) in [6.07, 6.45) is 5.27. The minimum absolute atomic E-state index is 0.0622. The summed E-state index contributed by atoms with van der Waals surface area (Å²) in [4.78, 5) is 12.2. The van der Waals surface area contributed by atoms with Crippen LogP contribution in [0.25, 0.3) is 0 Å². The molecule has 3 N–H and O–H groups in total. The second-order valence-electron chi connectivity index (χ2n) is 10.2. The van der Waals surface area contributed by atoms with Gasteiger partial charge in [-0.05, 0) is 75.0 Å². The molecule has 4 saturated carbocycles. The largest absolute Gasteiger partial charge is 0.393 e. The van der Waals surface area contributed by atoms with E-state index >= 15 is 0 Å². The van der Waals surface area contributed by atoms with Crippen molar-refractivity contribution in [1.82, 2.24) is 0 Å². The van der Waals surface area contributed by atoms with Gasteiger partial charge in [0.1, 0.15) is 5.78 Å². The number of rotatable bonds is 1. The SMILES string of the molecule is CC(=O)[C@H]1CC[C@H]2[C@@H]3C[C@@H](O)[C@@]4(O)C[C@H](O)CC[C@]4(C)[C@H]3CC[C@]12C. The van der Waals surface area contributed by atoms with E-state index in [1.807, 2.05) is 0 Å². The second-order valence-corrected chi connectivity index (χ2v) is 10.2. The standard InChI is InChI=1S/C21H34O4/c1-12(22)15-4-5-16-14-10-18(24)21(25)11-13(23)6-9-20(21,3)17(14)7-8-19(15,16)2/h13-18,23-25H,4-11H2,1-3H3/t13-,14+,15-,16+,17+,18-,19-,20-,21+/m1/s1. The van der Waals surface area contributed by atoms with E-state index < -0.39 is 17.8 Å². The number of Topliss-reactive ketones (excluding diaryl/α,β-unsaturated/α-hetero) is 1. The monoisotopic (exact) mass is 350 g/mol. The summed E-state index contributed by atoms with van der Waals surface area (Å²) in [5.41, 5.74) is -1.44. The van der Waals surface area contributed by atoms with Crippen LogP contribution in [0.3, 0.4) is 0 Å². The zero-order valence-corrected chi connectivity index (χ0v) is 15.9. The van der Waals surface area contributed by atoms with Crippen LogP contribution in [0.2, 0.25) is 0 Å². The topological polar surface area (TPSA) is 77.8 Å². The lowest BCUT2D eigenvalue weighted by atomic mass is 9.42. The molecule has 4 nitrogen and oxygen atoms in total. The smallest absolute Gasteiger partial charge is 0.133 e. The molecule has 0 bridgehead atoms. The summed E-state index contributed by atoms with van der Waals surface area (Å²) < 4.78 is 0. The molecular weight excluding hydrogens is 316 g/mol. The van der Waals surface area contributed by atoms with Crippen molar-refractivity contribution in [2.24, 2.45) is 34.5 Å². The Bertz CT molecular complexity index is 576. The van der Waals surface area contributed by atoms with Gasteiger partial charge in [-0.1, -0.05) is 13.8 Å². The number of carbonyl (C=O) groups excluding carboxylic acids is 1. The van der Waals surface area contributed by atoms with Crippen LogP contribution in [-0.2, 0) is 4.79 Å². The first-order chi connectivity index (χ1) is 11.6. The highest BCUT2D eigenvalue weighted by Gasteiger charge is 2.67. The number of hydrogen-bond donors (Lipinski definition) is 3. The fraction of sp³-hybridized carbons (Fsp3) is 0.952. The van der Waals surface area contributed by atoms with Crippen LogP contribution >= 0.6 is 0 Å². The molecule has 0 amide bonds. The number of ketones is 1. The average Bonchev–Trinajstić information content (AvgIpc) is 2.88. The summed E-state index contributed by atoms with van der Waals surface area (Å²) >= 11 is 0. The van der Waals surface area contributed by atoms with Crippen LogP contribution < -0.4 is 0 Å². The highest BCUT2D eigenvalue weighted by Crippen LogP contribution is 2.68. The molecule has 0 aromatic carbocycles. The lowest BCUT2D eigenvalue weighted by Crippen LogP contribution is -2.68. The third-order valence-electron chi connectivity index (χ3n) is 9.33. The minimum atomic E-state index is -1.17. The summed E-state index contributed by atoms with van der Waals surface area (Å²) in [6.45, 7) is 6.19. The molecule has 0 aromatic heterocycles. The van der Waals surface area contributed by atoms with E-state index in [0.29, 0.717) is 42.8 Å². The number of hydrogen-bond acceptors (Lipinski definition) is 4. The number of fused-ring (bicyclic) bond motifs is 5. The van der Waals surface area contributed by atoms with E-state index in [1.165, 1.54) is 0 Å². The van der Waals surface area contributed by atoms with Crippen molar-refractivity contribution in [3.63, 3.8) is 0 Å². The van der Waals surface area contributed by atoms with Crippen LogP contribution in [0.5, 0.6) is 0 Å². The van der Waals surface area contributed by atoms with Crippen molar-refractivity contribution < 1.29 is 20.1 Å². The van der Waals surface area contributed by atoms with Crippen molar-refractivity contribution >= 4 is 5.78 Å². The van der Waals surface area contributed by atoms with Crippen molar-refractivity contribution in [1.29, 1.82) is 0 Å². The van der Waals surface area contributed by atoms with Crippen LogP contribution in [0.15, 0.2) is 0 Å². The van der Waals surface area contributed by atoms with E-state index in [9.17, 15) is 20.1 Å². The van der Waals surface area contributed by atoms with Gasteiger partial charge in [-0.25, -0.2) is 0 Å². The second kappa shape index (κ2) is 5.53. The molecule has 142 valence electrons. The number of carbonyl (C=O) groups is 1. The highest BCUT2D eigenvalue weighted by atomic mass is 16.3. The lowest BCUT2D eigenvalue weighted by Gasteiger charge is -2.65. The lowest BCUT2D eigenvalue weighted by molar-refractivity contribution is -0.264. The van der Waals surface area contributed by atoms with Gasteiger partial charge in [-0.2, -0.15) is 0 Å². The molecular formula is C21H34O4. The predicted molar refractivity (Wildman–Crippen MR) is 94.8 cm³/mol. The van der Waals surface area contributed by atoms with E-state index in [4.69, 9.17) is 0 Å². The van der Waals surface area contributed by atoms with Crippen molar-refractivity contribution in [3.05, 3.63) is 0 Å².